The first-order valence-electron chi connectivity index (χ1n) is 7.36. The summed E-state index contributed by atoms with van der Waals surface area (Å²) in [6, 6.07) is 3.92. The van der Waals surface area contributed by atoms with E-state index in [2.05, 4.69) is 10.3 Å². The molecule has 20 heavy (non-hydrogen) atoms. The number of carbonyl (C=O) groups is 1. The van der Waals surface area contributed by atoms with E-state index in [1.807, 2.05) is 44.8 Å². The molecular formula is C16H25N3O. The fraction of sp³-hybridized carbons (Fsp3) is 0.562. The molecule has 0 amide bonds. The summed E-state index contributed by atoms with van der Waals surface area (Å²) in [5.74, 6) is 0.0390. The molecule has 110 valence electrons. The van der Waals surface area contributed by atoms with Crippen LogP contribution in [-0.4, -0.2) is 23.9 Å². The van der Waals surface area contributed by atoms with Crippen molar-refractivity contribution < 1.29 is 4.79 Å². The number of Topliss-reactive ketones (excluding diaryl/α,β-unsaturated/α-hetero) is 1. The Kier molecular flexibility index (Phi) is 6.36. The van der Waals surface area contributed by atoms with Crippen LogP contribution in [0.5, 0.6) is 0 Å². The number of aryl methyl sites for hydroxylation is 2. The van der Waals surface area contributed by atoms with Gasteiger partial charge in [0.1, 0.15) is 5.69 Å². The van der Waals surface area contributed by atoms with Crippen LogP contribution in [0.2, 0.25) is 0 Å². The van der Waals surface area contributed by atoms with E-state index in [4.69, 9.17) is 0 Å². The Morgan fingerprint density at radius 2 is 1.75 bits per heavy atom. The van der Waals surface area contributed by atoms with Crippen LogP contribution in [0.15, 0.2) is 22.5 Å². The highest BCUT2D eigenvalue weighted by Gasteiger charge is 2.12. The number of ketones is 1. The zero-order valence-electron chi connectivity index (χ0n) is 13.2. The summed E-state index contributed by atoms with van der Waals surface area (Å²) < 4.78 is 0. The van der Waals surface area contributed by atoms with Gasteiger partial charge in [0.25, 0.3) is 0 Å². The summed E-state index contributed by atoms with van der Waals surface area (Å²) in [5.41, 5.74) is 3.46. The summed E-state index contributed by atoms with van der Waals surface area (Å²) in [5, 5.41) is 10.5. The predicted molar refractivity (Wildman–Crippen MR) is 82.6 cm³/mol. The molecule has 4 heteroatoms. The molecule has 0 aliphatic carbocycles. The van der Waals surface area contributed by atoms with Crippen molar-refractivity contribution >= 4 is 11.5 Å². The molecule has 0 unspecified atom stereocenters. The van der Waals surface area contributed by atoms with Crippen molar-refractivity contribution in [2.24, 2.45) is 10.3 Å². The van der Waals surface area contributed by atoms with Gasteiger partial charge in [-0.1, -0.05) is 25.1 Å². The second-order valence-corrected chi connectivity index (χ2v) is 4.88. The Hall–Kier alpha value is -1.71. The molecule has 0 bridgehead atoms. The zero-order chi connectivity index (χ0) is 15.1. The number of nitrogens with zero attached hydrogens (tertiary/aromatic N) is 3. The maximum atomic E-state index is 11.7. The molecule has 0 spiro atoms. The van der Waals surface area contributed by atoms with Crippen molar-refractivity contribution in [2.45, 2.75) is 47.5 Å². The van der Waals surface area contributed by atoms with Gasteiger partial charge in [-0.3, -0.25) is 9.80 Å². The van der Waals surface area contributed by atoms with Crippen molar-refractivity contribution in [1.82, 2.24) is 5.01 Å². The number of carbonyl (C=O) groups excluding carboxylic acids is 1. The SMILES string of the molecule is CC.CC(=O)c1cc(C)cc(C)c1N=NN1CCCC1. The maximum absolute atomic E-state index is 11.7. The lowest BCUT2D eigenvalue weighted by Gasteiger charge is -2.10. The maximum Gasteiger partial charge on any atom is 0.162 e. The van der Waals surface area contributed by atoms with Crippen LogP contribution in [0.25, 0.3) is 0 Å². The highest BCUT2D eigenvalue weighted by Crippen LogP contribution is 2.27. The molecule has 1 saturated heterocycles. The van der Waals surface area contributed by atoms with Crippen molar-refractivity contribution in [2.75, 3.05) is 13.1 Å². The van der Waals surface area contributed by atoms with E-state index in [1.165, 1.54) is 12.8 Å². The molecule has 0 saturated carbocycles. The second-order valence-electron chi connectivity index (χ2n) is 4.88. The van der Waals surface area contributed by atoms with E-state index >= 15 is 0 Å². The third-order valence-electron chi connectivity index (χ3n) is 3.18. The number of hydrogen-bond acceptors (Lipinski definition) is 3. The minimum absolute atomic E-state index is 0.0390. The van der Waals surface area contributed by atoms with E-state index in [0.29, 0.717) is 11.3 Å². The van der Waals surface area contributed by atoms with Crippen LogP contribution in [-0.2, 0) is 0 Å². The summed E-state index contributed by atoms with van der Waals surface area (Å²) in [6.45, 7) is 11.5. The summed E-state index contributed by atoms with van der Waals surface area (Å²) in [6.07, 6.45) is 2.34. The molecular weight excluding hydrogens is 250 g/mol. The van der Waals surface area contributed by atoms with Gasteiger partial charge in [0.15, 0.2) is 5.78 Å². The Balaban J connectivity index is 0.000000956. The first-order valence-corrected chi connectivity index (χ1v) is 7.36. The van der Waals surface area contributed by atoms with Crippen molar-refractivity contribution in [3.05, 3.63) is 28.8 Å². The van der Waals surface area contributed by atoms with Crippen LogP contribution in [0.3, 0.4) is 0 Å². The summed E-state index contributed by atoms with van der Waals surface area (Å²) >= 11 is 0. The minimum atomic E-state index is 0.0390. The van der Waals surface area contributed by atoms with Gasteiger partial charge in [0, 0.05) is 18.7 Å². The number of rotatable bonds is 3. The fourth-order valence-electron chi connectivity index (χ4n) is 2.26. The van der Waals surface area contributed by atoms with Gasteiger partial charge in [-0.25, -0.2) is 0 Å². The normalized spacial score (nSPS) is 14.3. The van der Waals surface area contributed by atoms with Crippen molar-refractivity contribution in [3.63, 3.8) is 0 Å². The van der Waals surface area contributed by atoms with Crippen LogP contribution >= 0.6 is 0 Å². The Morgan fingerprint density at radius 1 is 1.15 bits per heavy atom. The lowest BCUT2D eigenvalue weighted by molar-refractivity contribution is 0.101. The first kappa shape index (κ1) is 16.3. The van der Waals surface area contributed by atoms with Crippen molar-refractivity contribution in [3.8, 4) is 0 Å². The molecule has 0 aromatic heterocycles. The topological polar surface area (TPSA) is 45.0 Å². The molecule has 1 aromatic carbocycles. The highest BCUT2D eigenvalue weighted by molar-refractivity contribution is 5.99. The Morgan fingerprint density at radius 3 is 2.30 bits per heavy atom. The fourth-order valence-corrected chi connectivity index (χ4v) is 2.26. The van der Waals surface area contributed by atoms with Crippen LogP contribution in [0, 0.1) is 13.8 Å². The smallest absolute Gasteiger partial charge is 0.162 e. The Bertz CT molecular complexity index is 489. The van der Waals surface area contributed by atoms with Gasteiger partial charge >= 0.3 is 0 Å². The lowest BCUT2D eigenvalue weighted by Crippen LogP contribution is -2.09. The van der Waals surface area contributed by atoms with Gasteiger partial charge in [-0.15, -0.1) is 5.11 Å². The van der Waals surface area contributed by atoms with E-state index in [9.17, 15) is 4.79 Å². The van der Waals surface area contributed by atoms with Crippen molar-refractivity contribution in [1.29, 1.82) is 0 Å². The van der Waals surface area contributed by atoms with Gasteiger partial charge in [-0.2, -0.15) is 0 Å². The van der Waals surface area contributed by atoms with Gasteiger partial charge in [-0.05, 0) is 50.8 Å². The molecule has 2 rings (SSSR count). The molecule has 4 nitrogen and oxygen atoms in total. The molecule has 0 radical (unpaired) electrons. The largest absolute Gasteiger partial charge is 0.294 e. The zero-order valence-corrected chi connectivity index (χ0v) is 13.2. The van der Waals surface area contributed by atoms with Crippen LogP contribution in [0.1, 0.15) is 55.1 Å². The molecule has 1 aromatic rings. The monoisotopic (exact) mass is 275 g/mol. The van der Waals surface area contributed by atoms with E-state index in [-0.39, 0.29) is 5.78 Å². The minimum Gasteiger partial charge on any atom is -0.294 e. The average molecular weight is 275 g/mol. The molecule has 0 atom stereocenters. The van der Waals surface area contributed by atoms with Crippen LogP contribution < -0.4 is 0 Å². The predicted octanol–water partition coefficient (Wildman–Crippen LogP) is 4.63. The Labute approximate surface area is 121 Å². The standard InChI is InChI=1S/C14H19N3O.C2H6/c1-10-8-11(2)14(13(9-10)12(3)18)15-16-17-6-4-5-7-17;1-2/h8-9H,4-7H2,1-3H3;1-2H3. The summed E-state index contributed by atoms with van der Waals surface area (Å²) in [7, 11) is 0. The van der Waals surface area contributed by atoms with E-state index < -0.39 is 0 Å². The molecule has 1 fully saturated rings. The average Bonchev–Trinajstić information content (AvgIpc) is 2.92. The van der Waals surface area contributed by atoms with E-state index in [0.717, 1.165) is 24.2 Å². The first-order chi connectivity index (χ1) is 9.58. The molecule has 1 heterocycles. The lowest BCUT2D eigenvalue weighted by atomic mass is 10.0. The number of hydrogen-bond donors (Lipinski definition) is 0. The van der Waals surface area contributed by atoms with E-state index in [1.54, 1.807) is 6.92 Å². The third kappa shape index (κ3) is 4.15. The third-order valence-corrected chi connectivity index (χ3v) is 3.18. The van der Waals surface area contributed by atoms with Gasteiger partial charge in [0.2, 0.25) is 0 Å². The van der Waals surface area contributed by atoms with Gasteiger partial charge < -0.3 is 0 Å². The van der Waals surface area contributed by atoms with Crippen LogP contribution in [0.4, 0.5) is 5.69 Å². The molecule has 1 aliphatic heterocycles. The highest BCUT2D eigenvalue weighted by atomic mass is 16.1. The van der Waals surface area contributed by atoms with Gasteiger partial charge in [0.05, 0.1) is 0 Å². The molecule has 0 N–H and O–H groups in total. The molecule has 1 aliphatic rings. The second kappa shape index (κ2) is 7.78. The summed E-state index contributed by atoms with van der Waals surface area (Å²) in [4.78, 5) is 11.7. The number of benzene rings is 1. The quantitative estimate of drug-likeness (QED) is 0.596.